The van der Waals surface area contributed by atoms with Crippen LogP contribution in [0.25, 0.3) is 0 Å². The molecule has 0 aliphatic rings. The Kier molecular flexibility index (Phi) is 49.1. The maximum absolute atomic E-state index is 8.88. The van der Waals surface area contributed by atoms with E-state index in [4.69, 9.17) is 77.0 Å². The van der Waals surface area contributed by atoms with Crippen LogP contribution in [0.4, 0.5) is 0 Å². The van der Waals surface area contributed by atoms with Crippen molar-refractivity contribution in [3.63, 3.8) is 0 Å². The second-order valence-electron chi connectivity index (χ2n) is 2.05. The molecular formula is H12AgO16P4Zr3. The molecule has 0 aliphatic carbocycles. The van der Waals surface area contributed by atoms with E-state index in [1.165, 1.54) is 0 Å². The molecule has 0 bridgehead atoms. The molecule has 0 aromatic heterocycles. The Morgan fingerprint density at radius 3 is 0.333 bits per heavy atom. The van der Waals surface area contributed by atoms with Gasteiger partial charge in [0, 0.05) is 101 Å². The van der Waals surface area contributed by atoms with E-state index < -0.39 is 31.3 Å². The second kappa shape index (κ2) is 23.1. The molecule has 24 heteroatoms. The van der Waals surface area contributed by atoms with Gasteiger partial charge in [-0.05, 0) is 0 Å². The van der Waals surface area contributed by atoms with E-state index in [0.717, 1.165) is 0 Å². The van der Waals surface area contributed by atoms with Crippen LogP contribution in [-0.4, -0.2) is 58.7 Å². The van der Waals surface area contributed by atoms with Gasteiger partial charge in [-0.1, -0.05) is 0 Å². The van der Waals surface area contributed by atoms with Gasteiger partial charge in [0.25, 0.3) is 0 Å². The first kappa shape index (κ1) is 50.9. The summed E-state index contributed by atoms with van der Waals surface area (Å²) in [5, 5.41) is 0. The van der Waals surface area contributed by atoms with Crippen molar-refractivity contribution >= 4 is 31.3 Å². The normalized spacial score (nSPS) is 9.83. The van der Waals surface area contributed by atoms with Gasteiger partial charge in [0.1, 0.15) is 0 Å². The van der Waals surface area contributed by atoms with Crippen molar-refractivity contribution in [1.82, 2.24) is 0 Å². The molecule has 0 heterocycles. The Bertz CT molecular complexity index is 298. The van der Waals surface area contributed by atoms with Gasteiger partial charge in [0.2, 0.25) is 0 Å². The topological polar surface area (TPSA) is 311 Å². The third kappa shape index (κ3) is 1090. The summed E-state index contributed by atoms with van der Waals surface area (Å²) in [7, 11) is -18.6. The summed E-state index contributed by atoms with van der Waals surface area (Å²) in [6.45, 7) is 0. The molecule has 1 radical (unpaired) electrons. The maximum Gasteiger partial charge on any atom is 0.466 e. The van der Waals surface area contributed by atoms with Crippen LogP contribution in [0, 0.1) is 0 Å². The van der Waals surface area contributed by atoms with Gasteiger partial charge in [0.15, 0.2) is 0 Å². The van der Waals surface area contributed by atoms with E-state index >= 15 is 0 Å². The summed E-state index contributed by atoms with van der Waals surface area (Å²) in [5.74, 6) is 0. The van der Waals surface area contributed by atoms with E-state index in [-0.39, 0.29) is 101 Å². The fourth-order valence-corrected chi connectivity index (χ4v) is 0. The Morgan fingerprint density at radius 2 is 0.333 bits per heavy atom. The zero-order chi connectivity index (χ0) is 18.0. The van der Waals surface area contributed by atoms with Gasteiger partial charge in [-0.3, -0.25) is 0 Å². The molecule has 0 aliphatic heterocycles. The molecule has 0 rings (SSSR count). The second-order valence-corrected chi connectivity index (χ2v) is 6.16. The molecule has 0 atom stereocenters. The van der Waals surface area contributed by atoms with Crippen molar-refractivity contribution < 1.29 is 178 Å². The molecule has 0 unspecified atom stereocenters. The van der Waals surface area contributed by atoms with E-state index in [1.54, 1.807) is 0 Å². The van der Waals surface area contributed by atoms with Gasteiger partial charge >= 0.3 is 31.3 Å². The fourth-order valence-electron chi connectivity index (χ4n) is 0. The molecule has 0 amide bonds. The molecule has 0 aromatic rings. The third-order valence-electron chi connectivity index (χ3n) is 0. The Labute approximate surface area is 206 Å². The molecule has 0 aromatic carbocycles. The van der Waals surface area contributed by atoms with Gasteiger partial charge in [-0.15, -0.1) is 0 Å². The number of phosphoric acid groups is 4. The van der Waals surface area contributed by atoms with Crippen LogP contribution in [0.15, 0.2) is 0 Å². The first-order valence-corrected chi connectivity index (χ1v) is 9.39. The van der Waals surface area contributed by atoms with Crippen molar-refractivity contribution in [2.45, 2.75) is 0 Å². The third-order valence-corrected chi connectivity index (χ3v) is 0. The van der Waals surface area contributed by atoms with Crippen molar-refractivity contribution in [3.8, 4) is 0 Å². The first-order chi connectivity index (χ1) is 8.00. The summed E-state index contributed by atoms with van der Waals surface area (Å²) >= 11 is 0. The standard InChI is InChI=1S/Ag.4H3O4P.3Zr/c;4*1-5(2,3)4;;;/h;4*(H3,1,2,3,4);;;. The predicted molar refractivity (Wildman–Crippen MR) is 57.1 cm³/mol. The predicted octanol–water partition coefficient (Wildman–Crippen LogP) is -3.72. The molecule has 12 N–H and O–H groups in total. The Hall–Kier alpha value is 3.83. The van der Waals surface area contributed by atoms with Gasteiger partial charge in [0.05, 0.1) is 0 Å². The van der Waals surface area contributed by atoms with Crippen molar-refractivity contribution in [3.05, 3.63) is 0 Å². The van der Waals surface area contributed by atoms with Crippen molar-refractivity contribution in [2.24, 2.45) is 0 Å². The zero-order valence-corrected chi connectivity index (χ0v) is 23.0. The zero-order valence-electron chi connectivity index (χ0n) is 10.6. The summed E-state index contributed by atoms with van der Waals surface area (Å²) < 4.78 is 35.5. The molecule has 16 nitrogen and oxygen atoms in total. The van der Waals surface area contributed by atoms with E-state index in [0.29, 0.717) is 0 Å². The van der Waals surface area contributed by atoms with Crippen LogP contribution < -0.4 is 0 Å². The van der Waals surface area contributed by atoms with Crippen LogP contribution in [0.5, 0.6) is 0 Å². The average Bonchev–Trinajstić information content (AvgIpc) is 1.62. The van der Waals surface area contributed by atoms with Crippen LogP contribution in [0.1, 0.15) is 0 Å². The SMILES string of the molecule is O=P(O)(O)O.O=P(O)(O)O.O=P(O)(O)O.O=P(O)(O)O.[Ag].[Zr].[Zr].[Zr]. The van der Waals surface area contributed by atoms with Gasteiger partial charge in [-0.25, -0.2) is 18.3 Å². The Morgan fingerprint density at radius 1 is 0.333 bits per heavy atom. The van der Waals surface area contributed by atoms with Crippen LogP contribution >= 0.6 is 31.3 Å². The smallest absolute Gasteiger partial charge is 0.303 e. The monoisotopic (exact) mass is 769 g/mol. The van der Waals surface area contributed by atoms with E-state index in [9.17, 15) is 0 Å². The summed E-state index contributed by atoms with van der Waals surface area (Å²) in [6, 6.07) is 0. The summed E-state index contributed by atoms with van der Waals surface area (Å²) in [4.78, 5) is 86.2. The quantitative estimate of drug-likeness (QED) is 0.0832. The fraction of sp³-hybridized carbons (Fsp3) is 0. The summed E-state index contributed by atoms with van der Waals surface area (Å²) in [5.41, 5.74) is 0. The average molecular weight is 774 g/mol. The van der Waals surface area contributed by atoms with Crippen LogP contribution in [0.3, 0.4) is 0 Å². The number of hydrogen-bond donors (Lipinski definition) is 12. The summed E-state index contributed by atoms with van der Waals surface area (Å²) in [6.07, 6.45) is 0. The van der Waals surface area contributed by atoms with Crippen molar-refractivity contribution in [2.75, 3.05) is 0 Å². The van der Waals surface area contributed by atoms with Gasteiger partial charge in [-0.2, -0.15) is 0 Å². The maximum atomic E-state index is 8.88. The minimum Gasteiger partial charge on any atom is -0.303 e. The molecule has 0 saturated carbocycles. The first-order valence-electron chi connectivity index (χ1n) is 3.13. The van der Waals surface area contributed by atoms with Crippen LogP contribution in [0.2, 0.25) is 0 Å². The van der Waals surface area contributed by atoms with E-state index in [2.05, 4.69) is 0 Å². The minimum absolute atomic E-state index is 0. The molecule has 0 fully saturated rings. The Balaban J connectivity index is -0.0000000225. The molecule has 151 valence electrons. The van der Waals surface area contributed by atoms with E-state index in [1.807, 2.05) is 0 Å². The van der Waals surface area contributed by atoms with Crippen molar-refractivity contribution in [1.29, 1.82) is 0 Å². The molecular weight excluding hydrogens is 761 g/mol. The number of hydrogen-bond acceptors (Lipinski definition) is 4. The molecule has 0 spiro atoms. The van der Waals surface area contributed by atoms with Gasteiger partial charge < -0.3 is 58.7 Å². The largest absolute Gasteiger partial charge is 0.466 e. The minimum atomic E-state index is -4.64. The number of rotatable bonds is 0. The molecule has 24 heavy (non-hydrogen) atoms. The van der Waals surface area contributed by atoms with Crippen LogP contribution in [-0.2, 0) is 119 Å². The molecule has 0 saturated heterocycles.